The van der Waals surface area contributed by atoms with Crippen LogP contribution in [0.1, 0.15) is 15.9 Å². The van der Waals surface area contributed by atoms with E-state index in [4.69, 9.17) is 0 Å². The lowest BCUT2D eigenvalue weighted by atomic mass is 9.99. The van der Waals surface area contributed by atoms with Crippen molar-refractivity contribution >= 4 is 17.2 Å². The van der Waals surface area contributed by atoms with Crippen molar-refractivity contribution in [3.8, 4) is 0 Å². The zero-order valence-corrected chi connectivity index (χ0v) is 16.4. The van der Waals surface area contributed by atoms with Crippen LogP contribution in [0.15, 0.2) is 99.2 Å². The first-order chi connectivity index (χ1) is 13.7. The number of hydrogen-bond acceptors (Lipinski definition) is 3. The fraction of sp³-hybridized carbons (Fsp3) is 0.160. The lowest BCUT2D eigenvalue weighted by Crippen LogP contribution is -2.31. The molecule has 3 nitrogen and oxygen atoms in total. The van der Waals surface area contributed by atoms with Crippen LogP contribution in [-0.2, 0) is 0 Å². The second kappa shape index (κ2) is 10.7. The highest BCUT2D eigenvalue weighted by Crippen LogP contribution is 2.35. The van der Waals surface area contributed by atoms with Gasteiger partial charge in [0.05, 0.1) is 11.4 Å². The molecule has 0 N–H and O–H groups in total. The van der Waals surface area contributed by atoms with Crippen molar-refractivity contribution in [2.45, 2.75) is 0 Å². The van der Waals surface area contributed by atoms with Crippen LogP contribution in [0.2, 0.25) is 0 Å². The first-order valence-corrected chi connectivity index (χ1v) is 9.34. The van der Waals surface area contributed by atoms with Gasteiger partial charge in [0.1, 0.15) is 0 Å². The van der Waals surface area contributed by atoms with Crippen molar-refractivity contribution in [1.29, 1.82) is 0 Å². The fourth-order valence-electron chi connectivity index (χ4n) is 3.20. The molecule has 0 aliphatic heterocycles. The van der Waals surface area contributed by atoms with Gasteiger partial charge in [0.2, 0.25) is 0 Å². The molecular formula is C25H28N2O. The molecule has 28 heavy (non-hydrogen) atoms. The maximum atomic E-state index is 13.3. The molecule has 2 aromatic rings. The number of anilines is 2. The second-order valence-electron chi connectivity index (χ2n) is 6.33. The van der Waals surface area contributed by atoms with E-state index in [0.29, 0.717) is 37.3 Å². The van der Waals surface area contributed by atoms with Gasteiger partial charge < -0.3 is 9.80 Å². The predicted octanol–water partition coefficient (Wildman–Crippen LogP) is 5.27. The molecule has 0 heterocycles. The van der Waals surface area contributed by atoms with Crippen molar-refractivity contribution in [2.24, 2.45) is 0 Å². The highest BCUT2D eigenvalue weighted by Gasteiger charge is 2.22. The summed E-state index contributed by atoms with van der Waals surface area (Å²) in [6.07, 6.45) is 7.37. The molecule has 144 valence electrons. The maximum Gasteiger partial charge on any atom is 0.195 e. The third kappa shape index (κ3) is 4.89. The fourth-order valence-corrected chi connectivity index (χ4v) is 3.20. The van der Waals surface area contributed by atoms with Crippen molar-refractivity contribution < 1.29 is 4.79 Å². The van der Waals surface area contributed by atoms with Gasteiger partial charge in [-0.2, -0.15) is 0 Å². The summed E-state index contributed by atoms with van der Waals surface area (Å²) in [6.45, 7) is 18.0. The van der Waals surface area contributed by atoms with Crippen LogP contribution >= 0.6 is 0 Å². The van der Waals surface area contributed by atoms with Crippen LogP contribution < -0.4 is 9.80 Å². The molecule has 0 saturated carbocycles. The largest absolute Gasteiger partial charge is 0.362 e. The number of ketones is 1. The average Bonchev–Trinajstić information content (AvgIpc) is 2.73. The van der Waals surface area contributed by atoms with Crippen molar-refractivity contribution in [3.63, 3.8) is 0 Å². The summed E-state index contributed by atoms with van der Waals surface area (Å²) >= 11 is 0. The Morgan fingerprint density at radius 3 is 1.79 bits per heavy atom. The molecule has 0 fully saturated rings. The molecule has 0 bridgehead atoms. The monoisotopic (exact) mass is 372 g/mol. The zero-order valence-electron chi connectivity index (χ0n) is 16.4. The van der Waals surface area contributed by atoms with Crippen LogP contribution in [0.4, 0.5) is 11.4 Å². The Labute approximate surface area is 168 Å². The van der Waals surface area contributed by atoms with E-state index >= 15 is 0 Å². The molecule has 0 spiro atoms. The topological polar surface area (TPSA) is 23.6 Å². The molecule has 0 unspecified atom stereocenters. The second-order valence-corrected chi connectivity index (χ2v) is 6.33. The van der Waals surface area contributed by atoms with Gasteiger partial charge in [0.25, 0.3) is 0 Å². The molecule has 2 aromatic carbocycles. The summed E-state index contributed by atoms with van der Waals surface area (Å²) in [5, 5.41) is 0. The van der Waals surface area contributed by atoms with Gasteiger partial charge in [0.15, 0.2) is 5.78 Å². The summed E-state index contributed by atoms with van der Waals surface area (Å²) in [4.78, 5) is 17.6. The zero-order chi connectivity index (χ0) is 20.4. The molecule has 0 saturated heterocycles. The normalized spacial score (nSPS) is 10.0. The van der Waals surface area contributed by atoms with E-state index in [1.807, 2.05) is 72.8 Å². The SMILES string of the molecule is C=CCN(CC=C)c1cccc(C(=O)c2ccccc2)c1N(CC=C)CC=C. The molecule has 0 amide bonds. The summed E-state index contributed by atoms with van der Waals surface area (Å²) in [5.41, 5.74) is 3.16. The Hall–Kier alpha value is -3.33. The van der Waals surface area contributed by atoms with Gasteiger partial charge in [0, 0.05) is 37.3 Å². The standard InChI is InChI=1S/C25H28N2O/c1-5-17-26(18-6-2)23-16-12-15-22(24(23)27(19-7-3)20-8-4)25(28)21-13-10-9-11-14-21/h5-16H,1-4,17-20H2. The van der Waals surface area contributed by atoms with Gasteiger partial charge in [-0.25, -0.2) is 0 Å². The third-order valence-electron chi connectivity index (χ3n) is 4.35. The van der Waals surface area contributed by atoms with Crippen LogP contribution in [-0.4, -0.2) is 32.0 Å². The lowest BCUT2D eigenvalue weighted by Gasteiger charge is -2.32. The van der Waals surface area contributed by atoms with Gasteiger partial charge in [-0.3, -0.25) is 4.79 Å². The number of rotatable bonds is 12. The van der Waals surface area contributed by atoms with Crippen LogP contribution in [0.5, 0.6) is 0 Å². The Morgan fingerprint density at radius 2 is 1.25 bits per heavy atom. The number of carbonyl (C=O) groups is 1. The minimum atomic E-state index is -0.00673. The highest BCUT2D eigenvalue weighted by molar-refractivity contribution is 6.14. The molecule has 0 aromatic heterocycles. The Morgan fingerprint density at radius 1 is 0.714 bits per heavy atom. The predicted molar refractivity (Wildman–Crippen MR) is 122 cm³/mol. The van der Waals surface area contributed by atoms with Gasteiger partial charge in [-0.05, 0) is 12.1 Å². The van der Waals surface area contributed by atoms with Crippen LogP contribution in [0.3, 0.4) is 0 Å². The van der Waals surface area contributed by atoms with Gasteiger partial charge in [-0.15, -0.1) is 26.3 Å². The molecule has 0 aliphatic rings. The Balaban J connectivity index is 2.69. The molecule has 3 heteroatoms. The minimum absolute atomic E-state index is 0.00673. The van der Waals surface area contributed by atoms with Gasteiger partial charge >= 0.3 is 0 Å². The van der Waals surface area contributed by atoms with E-state index in [1.54, 1.807) is 0 Å². The first kappa shape index (κ1) is 21.0. The van der Waals surface area contributed by atoms with Crippen LogP contribution in [0, 0.1) is 0 Å². The van der Waals surface area contributed by atoms with E-state index < -0.39 is 0 Å². The van der Waals surface area contributed by atoms with Crippen LogP contribution in [0.25, 0.3) is 0 Å². The van der Waals surface area contributed by atoms with Gasteiger partial charge in [-0.1, -0.05) is 60.7 Å². The quantitative estimate of drug-likeness (QED) is 0.374. The molecule has 2 rings (SSSR count). The molecular weight excluding hydrogens is 344 g/mol. The Kier molecular flexibility index (Phi) is 8.04. The summed E-state index contributed by atoms with van der Waals surface area (Å²) in [7, 11) is 0. The third-order valence-corrected chi connectivity index (χ3v) is 4.35. The van der Waals surface area contributed by atoms with E-state index in [9.17, 15) is 4.79 Å². The number of benzene rings is 2. The minimum Gasteiger partial charge on any atom is -0.362 e. The number of para-hydroxylation sites is 1. The number of nitrogens with zero attached hydrogens (tertiary/aromatic N) is 2. The first-order valence-electron chi connectivity index (χ1n) is 9.34. The summed E-state index contributed by atoms with van der Waals surface area (Å²) in [5.74, 6) is -0.00673. The number of carbonyl (C=O) groups excluding carboxylic acids is 1. The number of hydrogen-bond donors (Lipinski definition) is 0. The van der Waals surface area contributed by atoms with Crippen molar-refractivity contribution in [3.05, 3.63) is 110 Å². The van der Waals surface area contributed by atoms with Crippen molar-refractivity contribution in [1.82, 2.24) is 0 Å². The smallest absolute Gasteiger partial charge is 0.195 e. The van der Waals surface area contributed by atoms with E-state index in [0.717, 1.165) is 11.4 Å². The lowest BCUT2D eigenvalue weighted by molar-refractivity contribution is 0.103. The van der Waals surface area contributed by atoms with E-state index in [-0.39, 0.29) is 5.78 Å². The maximum absolute atomic E-state index is 13.3. The Bertz CT molecular complexity index is 819. The highest BCUT2D eigenvalue weighted by atomic mass is 16.1. The van der Waals surface area contributed by atoms with E-state index in [1.165, 1.54) is 0 Å². The summed E-state index contributed by atoms with van der Waals surface area (Å²) < 4.78 is 0. The molecule has 0 aliphatic carbocycles. The molecule has 0 radical (unpaired) electrons. The van der Waals surface area contributed by atoms with E-state index in [2.05, 4.69) is 36.1 Å². The molecule has 0 atom stereocenters. The van der Waals surface area contributed by atoms with Crippen molar-refractivity contribution in [2.75, 3.05) is 36.0 Å². The summed E-state index contributed by atoms with van der Waals surface area (Å²) in [6, 6.07) is 15.2. The average molecular weight is 373 g/mol.